The van der Waals surface area contributed by atoms with Crippen molar-refractivity contribution in [2.45, 2.75) is 31.9 Å². The van der Waals surface area contributed by atoms with Crippen molar-refractivity contribution in [1.29, 1.82) is 0 Å². The first-order chi connectivity index (χ1) is 8.15. The summed E-state index contributed by atoms with van der Waals surface area (Å²) in [7, 11) is 0. The molecule has 1 aromatic rings. The topological polar surface area (TPSA) is 21.3 Å². The van der Waals surface area contributed by atoms with E-state index in [9.17, 15) is 8.78 Å². The molecule has 0 radical (unpaired) electrons. The Bertz CT molecular complexity index is 381. The Labute approximate surface area is 104 Å². The molecule has 0 aliphatic carbocycles. The molecule has 1 aliphatic heterocycles. The van der Waals surface area contributed by atoms with Crippen LogP contribution in [0.3, 0.4) is 0 Å². The molecule has 1 N–H and O–H groups in total. The Morgan fingerprint density at radius 3 is 2.88 bits per heavy atom. The molecular formula is C12H14ClF2NO. The number of rotatable bonds is 4. The van der Waals surface area contributed by atoms with Gasteiger partial charge in [0.15, 0.2) is 0 Å². The van der Waals surface area contributed by atoms with E-state index in [1.165, 1.54) is 12.5 Å². The summed E-state index contributed by atoms with van der Waals surface area (Å²) in [6.07, 6.45) is 3.20. The quantitative estimate of drug-likeness (QED) is 0.898. The molecule has 17 heavy (non-hydrogen) atoms. The van der Waals surface area contributed by atoms with Crippen molar-refractivity contribution in [3.05, 3.63) is 28.8 Å². The Hall–Kier alpha value is -0.870. The summed E-state index contributed by atoms with van der Waals surface area (Å²) in [5, 5.41) is 3.61. The molecule has 94 valence electrons. The number of halogens is 3. The fourth-order valence-electron chi connectivity index (χ4n) is 2.08. The van der Waals surface area contributed by atoms with Crippen LogP contribution in [-0.4, -0.2) is 19.2 Å². The molecule has 1 heterocycles. The van der Waals surface area contributed by atoms with Crippen molar-refractivity contribution in [2.24, 2.45) is 0 Å². The van der Waals surface area contributed by atoms with Gasteiger partial charge in [0.25, 0.3) is 0 Å². The van der Waals surface area contributed by atoms with Gasteiger partial charge in [0.1, 0.15) is 5.75 Å². The molecular weight excluding hydrogens is 248 g/mol. The van der Waals surface area contributed by atoms with E-state index in [1.807, 2.05) is 0 Å². The summed E-state index contributed by atoms with van der Waals surface area (Å²) < 4.78 is 28.4. The lowest BCUT2D eigenvalue weighted by Gasteiger charge is -2.12. The minimum absolute atomic E-state index is 0.0322. The zero-order valence-corrected chi connectivity index (χ0v) is 10.0. The van der Waals surface area contributed by atoms with Crippen molar-refractivity contribution in [3.8, 4) is 5.75 Å². The van der Waals surface area contributed by atoms with Crippen molar-refractivity contribution < 1.29 is 13.5 Å². The molecule has 0 spiro atoms. The second-order valence-electron chi connectivity index (χ2n) is 4.14. The smallest absolute Gasteiger partial charge is 0.387 e. The highest BCUT2D eigenvalue weighted by atomic mass is 35.5. The molecule has 1 saturated heterocycles. The molecule has 1 aliphatic rings. The summed E-state index contributed by atoms with van der Waals surface area (Å²) in [5.74, 6) is 0.0322. The zero-order valence-electron chi connectivity index (χ0n) is 9.26. The van der Waals surface area contributed by atoms with Gasteiger partial charge in [-0.3, -0.25) is 0 Å². The van der Waals surface area contributed by atoms with E-state index in [1.54, 1.807) is 12.1 Å². The first-order valence-corrected chi connectivity index (χ1v) is 5.99. The van der Waals surface area contributed by atoms with Crippen LogP contribution < -0.4 is 10.1 Å². The predicted molar refractivity (Wildman–Crippen MR) is 62.8 cm³/mol. The maximum atomic E-state index is 12.0. The van der Waals surface area contributed by atoms with E-state index in [-0.39, 0.29) is 10.8 Å². The average Bonchev–Trinajstić information content (AvgIpc) is 2.74. The summed E-state index contributed by atoms with van der Waals surface area (Å²) in [4.78, 5) is 0. The molecule has 1 unspecified atom stereocenters. The monoisotopic (exact) mass is 261 g/mol. The molecule has 2 nitrogen and oxygen atoms in total. The molecule has 1 aromatic carbocycles. The third kappa shape index (κ3) is 3.54. The molecule has 1 fully saturated rings. The maximum Gasteiger partial charge on any atom is 0.387 e. The Balaban J connectivity index is 2.02. The van der Waals surface area contributed by atoms with E-state index < -0.39 is 6.61 Å². The number of alkyl halides is 2. The lowest BCUT2D eigenvalue weighted by Crippen LogP contribution is -2.23. The third-order valence-corrected chi connectivity index (χ3v) is 3.15. The average molecular weight is 262 g/mol. The van der Waals surface area contributed by atoms with E-state index in [0.29, 0.717) is 6.04 Å². The van der Waals surface area contributed by atoms with Crippen molar-refractivity contribution in [3.63, 3.8) is 0 Å². The van der Waals surface area contributed by atoms with Crippen LogP contribution in [0, 0.1) is 0 Å². The molecule has 2 rings (SSSR count). The summed E-state index contributed by atoms with van der Waals surface area (Å²) in [6, 6.07) is 5.44. The van der Waals surface area contributed by atoms with Crippen LogP contribution in [0.4, 0.5) is 8.78 Å². The Kier molecular flexibility index (Phi) is 4.18. The van der Waals surface area contributed by atoms with E-state index >= 15 is 0 Å². The summed E-state index contributed by atoms with van der Waals surface area (Å²) in [5.41, 5.74) is 1.04. The van der Waals surface area contributed by atoms with E-state index in [4.69, 9.17) is 11.6 Å². The fourth-order valence-corrected chi connectivity index (χ4v) is 2.33. The second kappa shape index (κ2) is 5.65. The van der Waals surface area contributed by atoms with Crippen molar-refractivity contribution in [2.75, 3.05) is 6.54 Å². The predicted octanol–water partition coefficient (Wildman–Crippen LogP) is 3.24. The van der Waals surface area contributed by atoms with E-state index in [0.717, 1.165) is 24.9 Å². The van der Waals surface area contributed by atoms with Crippen LogP contribution >= 0.6 is 11.6 Å². The number of hydrogen-bond acceptors (Lipinski definition) is 2. The Morgan fingerprint density at radius 1 is 1.47 bits per heavy atom. The first kappa shape index (κ1) is 12.6. The largest absolute Gasteiger partial charge is 0.433 e. The van der Waals surface area contributed by atoms with Crippen molar-refractivity contribution >= 4 is 11.6 Å². The molecule has 0 amide bonds. The van der Waals surface area contributed by atoms with Crippen LogP contribution in [0.5, 0.6) is 5.75 Å². The maximum absolute atomic E-state index is 12.0. The summed E-state index contributed by atoms with van der Waals surface area (Å²) >= 11 is 5.88. The van der Waals surface area contributed by atoms with Gasteiger partial charge in [-0.2, -0.15) is 8.78 Å². The number of nitrogens with one attached hydrogen (secondary N) is 1. The number of benzene rings is 1. The zero-order chi connectivity index (χ0) is 12.3. The van der Waals surface area contributed by atoms with Gasteiger partial charge >= 0.3 is 6.61 Å². The van der Waals surface area contributed by atoms with Gasteiger partial charge in [0, 0.05) is 6.04 Å². The Morgan fingerprint density at radius 2 is 2.29 bits per heavy atom. The normalized spacial score (nSPS) is 19.9. The SMILES string of the molecule is FC(F)Oc1ccc(CC2CCCN2)cc1Cl. The van der Waals surface area contributed by atoms with Crippen LogP contribution in [0.25, 0.3) is 0 Å². The molecule has 0 saturated carbocycles. The molecule has 0 bridgehead atoms. The highest BCUT2D eigenvalue weighted by Gasteiger charge is 2.15. The van der Waals surface area contributed by atoms with E-state index in [2.05, 4.69) is 10.1 Å². The fraction of sp³-hybridized carbons (Fsp3) is 0.500. The van der Waals surface area contributed by atoms with Gasteiger partial charge in [0.05, 0.1) is 5.02 Å². The highest BCUT2D eigenvalue weighted by Crippen LogP contribution is 2.27. The molecule has 1 atom stereocenters. The number of ether oxygens (including phenoxy) is 1. The minimum Gasteiger partial charge on any atom is -0.433 e. The second-order valence-corrected chi connectivity index (χ2v) is 4.55. The van der Waals surface area contributed by atoms with Crippen LogP contribution in [0.1, 0.15) is 18.4 Å². The van der Waals surface area contributed by atoms with Crippen LogP contribution in [-0.2, 0) is 6.42 Å². The van der Waals surface area contributed by atoms with Crippen LogP contribution in [0.2, 0.25) is 5.02 Å². The third-order valence-electron chi connectivity index (χ3n) is 2.86. The standard InChI is InChI=1S/C12H14ClF2NO/c13-10-7-8(6-9-2-1-5-16-9)3-4-11(10)17-12(14)15/h3-4,7,9,12,16H,1-2,5-6H2. The van der Waals surface area contributed by atoms with Gasteiger partial charge in [0.2, 0.25) is 0 Å². The van der Waals surface area contributed by atoms with Crippen LogP contribution in [0.15, 0.2) is 18.2 Å². The van der Waals surface area contributed by atoms with Gasteiger partial charge in [-0.15, -0.1) is 0 Å². The van der Waals surface area contributed by atoms with Crippen molar-refractivity contribution in [1.82, 2.24) is 5.32 Å². The first-order valence-electron chi connectivity index (χ1n) is 5.62. The van der Waals surface area contributed by atoms with Gasteiger partial charge in [-0.25, -0.2) is 0 Å². The van der Waals surface area contributed by atoms with Gasteiger partial charge in [-0.05, 0) is 43.5 Å². The van der Waals surface area contributed by atoms with Gasteiger partial charge in [-0.1, -0.05) is 17.7 Å². The lowest BCUT2D eigenvalue weighted by atomic mass is 10.0. The number of hydrogen-bond donors (Lipinski definition) is 1. The molecule has 5 heteroatoms. The highest BCUT2D eigenvalue weighted by molar-refractivity contribution is 6.32. The van der Waals surface area contributed by atoms with Gasteiger partial charge < -0.3 is 10.1 Å². The lowest BCUT2D eigenvalue weighted by molar-refractivity contribution is -0.0497. The molecule has 0 aromatic heterocycles. The minimum atomic E-state index is -2.84. The summed E-state index contributed by atoms with van der Waals surface area (Å²) in [6.45, 7) is -1.79.